The lowest BCUT2D eigenvalue weighted by molar-refractivity contribution is 0.101. The first-order valence-electron chi connectivity index (χ1n) is 8.60. The van der Waals surface area contributed by atoms with Crippen LogP contribution in [0.25, 0.3) is 10.9 Å². The number of hydrogen-bond donors (Lipinski definition) is 2. The Morgan fingerprint density at radius 1 is 1.04 bits per heavy atom. The smallest absolute Gasteiger partial charge is 0.229 e. The van der Waals surface area contributed by atoms with Crippen LogP contribution in [0.3, 0.4) is 0 Å². The van der Waals surface area contributed by atoms with Gasteiger partial charge >= 0.3 is 0 Å². The van der Waals surface area contributed by atoms with Gasteiger partial charge in [-0.15, -0.1) is 0 Å². The molecule has 0 aliphatic carbocycles. The Hall–Kier alpha value is -3.67. The fourth-order valence-corrected chi connectivity index (χ4v) is 2.80. The van der Waals surface area contributed by atoms with Crippen molar-refractivity contribution < 1.29 is 9.21 Å². The quantitative estimate of drug-likeness (QED) is 0.483. The summed E-state index contributed by atoms with van der Waals surface area (Å²) in [4.78, 5) is 20.8. The van der Waals surface area contributed by atoms with Crippen LogP contribution in [-0.4, -0.2) is 15.8 Å². The van der Waals surface area contributed by atoms with E-state index in [0.717, 1.165) is 22.4 Å². The van der Waals surface area contributed by atoms with Crippen LogP contribution in [0.15, 0.2) is 71.3 Å². The molecule has 2 heterocycles. The highest BCUT2D eigenvalue weighted by atomic mass is 16.3. The number of para-hydroxylation sites is 1. The van der Waals surface area contributed by atoms with E-state index in [9.17, 15) is 4.79 Å². The van der Waals surface area contributed by atoms with E-state index in [4.69, 9.17) is 4.42 Å². The molecule has 2 N–H and O–H groups in total. The molecule has 0 unspecified atom stereocenters. The van der Waals surface area contributed by atoms with Gasteiger partial charge < -0.3 is 15.1 Å². The number of nitrogens with one attached hydrogen (secondary N) is 2. The molecule has 0 fully saturated rings. The van der Waals surface area contributed by atoms with Crippen LogP contribution in [0.2, 0.25) is 0 Å². The van der Waals surface area contributed by atoms with Crippen molar-refractivity contribution in [3.05, 3.63) is 78.3 Å². The van der Waals surface area contributed by atoms with Gasteiger partial charge in [-0.05, 0) is 43.3 Å². The molecule has 0 aliphatic heterocycles. The molecule has 4 aromatic rings. The topological polar surface area (TPSA) is 80.0 Å². The van der Waals surface area contributed by atoms with Crippen LogP contribution in [0, 0.1) is 0 Å². The predicted molar refractivity (Wildman–Crippen MR) is 105 cm³/mol. The zero-order valence-corrected chi connectivity index (χ0v) is 14.8. The molecule has 0 aliphatic rings. The van der Waals surface area contributed by atoms with Crippen molar-refractivity contribution >= 4 is 34.1 Å². The first-order chi connectivity index (χ1) is 13.2. The number of carbonyl (C=O) groups excluding carboxylic acids is 1. The molecule has 134 valence electrons. The molecule has 27 heavy (non-hydrogen) atoms. The second-order valence-electron chi connectivity index (χ2n) is 6.11. The van der Waals surface area contributed by atoms with Crippen molar-refractivity contribution in [2.45, 2.75) is 13.5 Å². The summed E-state index contributed by atoms with van der Waals surface area (Å²) in [6.45, 7) is 2.07. The summed E-state index contributed by atoms with van der Waals surface area (Å²) >= 11 is 0. The van der Waals surface area contributed by atoms with E-state index >= 15 is 0 Å². The van der Waals surface area contributed by atoms with Gasteiger partial charge in [0.2, 0.25) is 5.95 Å². The first kappa shape index (κ1) is 16.8. The van der Waals surface area contributed by atoms with Crippen molar-refractivity contribution in [2.75, 3.05) is 10.6 Å². The van der Waals surface area contributed by atoms with E-state index in [1.165, 1.54) is 0 Å². The summed E-state index contributed by atoms with van der Waals surface area (Å²) in [5.74, 6) is 2.00. The number of nitrogens with zero attached hydrogens (tertiary/aromatic N) is 2. The van der Waals surface area contributed by atoms with Gasteiger partial charge in [0.15, 0.2) is 5.78 Å². The van der Waals surface area contributed by atoms with E-state index in [0.29, 0.717) is 23.9 Å². The molecular formula is C21H18N4O2. The number of rotatable bonds is 6. The molecule has 0 bridgehead atoms. The lowest BCUT2D eigenvalue weighted by atomic mass is 10.1. The van der Waals surface area contributed by atoms with Gasteiger partial charge in [-0.25, -0.2) is 4.98 Å². The second kappa shape index (κ2) is 7.29. The normalized spacial score (nSPS) is 10.7. The number of furan rings is 1. The van der Waals surface area contributed by atoms with E-state index in [2.05, 4.69) is 20.6 Å². The predicted octanol–water partition coefficient (Wildman–Crippen LogP) is 4.78. The Balaban J connectivity index is 1.66. The number of hydrogen-bond acceptors (Lipinski definition) is 6. The molecule has 0 radical (unpaired) electrons. The summed E-state index contributed by atoms with van der Waals surface area (Å²) in [6, 6.07) is 18.8. The maximum atomic E-state index is 11.6. The third kappa shape index (κ3) is 3.79. The van der Waals surface area contributed by atoms with Gasteiger partial charge in [-0.3, -0.25) is 4.79 Å². The Morgan fingerprint density at radius 2 is 1.93 bits per heavy atom. The molecule has 0 saturated heterocycles. The van der Waals surface area contributed by atoms with Crippen LogP contribution in [0.1, 0.15) is 23.0 Å². The molecule has 0 spiro atoms. The van der Waals surface area contributed by atoms with Crippen molar-refractivity contribution in [3.63, 3.8) is 0 Å². The average Bonchev–Trinajstić information content (AvgIpc) is 3.20. The Kier molecular flexibility index (Phi) is 4.53. The molecule has 0 saturated carbocycles. The van der Waals surface area contributed by atoms with E-state index < -0.39 is 0 Å². The largest absolute Gasteiger partial charge is 0.467 e. The minimum Gasteiger partial charge on any atom is -0.467 e. The summed E-state index contributed by atoms with van der Waals surface area (Å²) in [7, 11) is 0. The fourth-order valence-electron chi connectivity index (χ4n) is 2.80. The Labute approximate surface area is 156 Å². The summed E-state index contributed by atoms with van der Waals surface area (Å²) < 4.78 is 5.38. The van der Waals surface area contributed by atoms with E-state index in [1.54, 1.807) is 25.3 Å². The molecule has 2 aromatic heterocycles. The summed E-state index contributed by atoms with van der Waals surface area (Å²) in [5, 5.41) is 7.42. The number of Topliss-reactive ketones (excluding diaryl/α,β-unsaturated/α-hetero) is 1. The highest BCUT2D eigenvalue weighted by Crippen LogP contribution is 2.24. The van der Waals surface area contributed by atoms with Gasteiger partial charge in [0.25, 0.3) is 0 Å². The van der Waals surface area contributed by atoms with E-state index in [-0.39, 0.29) is 5.78 Å². The highest BCUT2D eigenvalue weighted by Gasteiger charge is 2.09. The zero-order chi connectivity index (χ0) is 18.6. The number of ketones is 1. The maximum absolute atomic E-state index is 11.6. The SMILES string of the molecule is CC(=O)c1cccc(Nc2nc(NCc3ccco3)c3ccccc3n2)c1. The third-order valence-corrected chi connectivity index (χ3v) is 4.14. The monoisotopic (exact) mass is 358 g/mol. The summed E-state index contributed by atoms with van der Waals surface area (Å²) in [5.41, 5.74) is 2.21. The van der Waals surface area contributed by atoms with Crippen molar-refractivity contribution in [1.82, 2.24) is 9.97 Å². The lowest BCUT2D eigenvalue weighted by Crippen LogP contribution is -2.05. The number of fused-ring (bicyclic) bond motifs is 1. The molecule has 6 heteroatoms. The third-order valence-electron chi connectivity index (χ3n) is 4.14. The first-order valence-corrected chi connectivity index (χ1v) is 8.60. The van der Waals surface area contributed by atoms with Gasteiger partial charge in [-0.2, -0.15) is 4.98 Å². The molecule has 4 rings (SSSR count). The Morgan fingerprint density at radius 3 is 2.74 bits per heavy atom. The van der Waals surface area contributed by atoms with Crippen molar-refractivity contribution in [1.29, 1.82) is 0 Å². The Bertz CT molecular complexity index is 1090. The zero-order valence-electron chi connectivity index (χ0n) is 14.8. The van der Waals surface area contributed by atoms with Crippen LogP contribution in [-0.2, 0) is 6.54 Å². The van der Waals surface area contributed by atoms with Gasteiger partial charge in [0.1, 0.15) is 11.6 Å². The van der Waals surface area contributed by atoms with Crippen molar-refractivity contribution in [2.24, 2.45) is 0 Å². The number of benzene rings is 2. The lowest BCUT2D eigenvalue weighted by Gasteiger charge is -2.11. The maximum Gasteiger partial charge on any atom is 0.229 e. The molecule has 0 atom stereocenters. The van der Waals surface area contributed by atoms with E-state index in [1.807, 2.05) is 48.5 Å². The molecule has 6 nitrogen and oxygen atoms in total. The fraction of sp³-hybridized carbons (Fsp3) is 0.0952. The minimum atomic E-state index is 0.0129. The van der Waals surface area contributed by atoms with Gasteiger partial charge in [-0.1, -0.05) is 24.3 Å². The number of carbonyl (C=O) groups is 1. The van der Waals surface area contributed by atoms with Crippen LogP contribution < -0.4 is 10.6 Å². The highest BCUT2D eigenvalue weighted by molar-refractivity contribution is 5.95. The van der Waals surface area contributed by atoms with Crippen LogP contribution >= 0.6 is 0 Å². The van der Waals surface area contributed by atoms with Crippen LogP contribution in [0.4, 0.5) is 17.5 Å². The second-order valence-corrected chi connectivity index (χ2v) is 6.11. The average molecular weight is 358 g/mol. The van der Waals surface area contributed by atoms with Gasteiger partial charge in [0.05, 0.1) is 18.3 Å². The molecule has 2 aromatic carbocycles. The molecule has 0 amide bonds. The number of aromatic nitrogens is 2. The van der Waals surface area contributed by atoms with Crippen LogP contribution in [0.5, 0.6) is 0 Å². The minimum absolute atomic E-state index is 0.0129. The standard InChI is InChI=1S/C21H18N4O2/c1-14(26)15-6-4-7-16(12-15)23-21-24-19-10-3-2-9-18(19)20(25-21)22-13-17-8-5-11-27-17/h2-12H,13H2,1H3,(H2,22,23,24,25). The van der Waals surface area contributed by atoms with Gasteiger partial charge in [0, 0.05) is 16.6 Å². The molecular weight excluding hydrogens is 340 g/mol. The number of anilines is 3. The summed E-state index contributed by atoms with van der Waals surface area (Å²) in [6.07, 6.45) is 1.64. The van der Waals surface area contributed by atoms with Crippen molar-refractivity contribution in [3.8, 4) is 0 Å².